The average molecular weight is 341 g/mol. The number of hydrogen-bond acceptors (Lipinski definition) is 3. The number of rotatable bonds is 5. The van der Waals surface area contributed by atoms with Crippen LogP contribution in [0.1, 0.15) is 40.7 Å². The van der Waals surface area contributed by atoms with Gasteiger partial charge in [-0.05, 0) is 48.2 Å². The molecule has 25 heavy (non-hydrogen) atoms. The Labute approximate surface area is 146 Å². The van der Waals surface area contributed by atoms with Gasteiger partial charge >= 0.3 is 5.97 Å². The predicted molar refractivity (Wildman–Crippen MR) is 91.6 cm³/mol. The van der Waals surface area contributed by atoms with E-state index < -0.39 is 11.4 Å². The average Bonchev–Trinajstić information content (AvgIpc) is 2.59. The van der Waals surface area contributed by atoms with E-state index in [0.717, 1.165) is 30.4 Å². The molecular formula is C20H20FNO3. The van der Waals surface area contributed by atoms with E-state index in [1.807, 2.05) is 6.07 Å². The van der Waals surface area contributed by atoms with Gasteiger partial charge in [0.05, 0.1) is 18.1 Å². The number of esters is 1. The fourth-order valence-electron chi connectivity index (χ4n) is 3.19. The molecule has 1 N–H and O–H groups in total. The van der Waals surface area contributed by atoms with Crippen molar-refractivity contribution in [3.05, 3.63) is 71.0 Å². The zero-order valence-electron chi connectivity index (χ0n) is 14.0. The van der Waals surface area contributed by atoms with E-state index in [4.69, 9.17) is 0 Å². The number of amides is 1. The van der Waals surface area contributed by atoms with Gasteiger partial charge in [-0.15, -0.1) is 0 Å². The molecule has 2 aromatic rings. The SMILES string of the molecule is COC(=O)c1ccc(CNC(=O)C2(c3cccc(F)c3)CCC2)cc1. The molecule has 0 unspecified atom stereocenters. The molecule has 1 aliphatic carbocycles. The Bertz CT molecular complexity index is 782. The van der Waals surface area contributed by atoms with E-state index in [1.165, 1.54) is 19.2 Å². The maximum atomic E-state index is 13.5. The highest BCUT2D eigenvalue weighted by atomic mass is 19.1. The van der Waals surface area contributed by atoms with Crippen LogP contribution in [0.5, 0.6) is 0 Å². The minimum atomic E-state index is -0.631. The number of carbonyl (C=O) groups is 2. The van der Waals surface area contributed by atoms with Crippen LogP contribution in [0, 0.1) is 5.82 Å². The molecular weight excluding hydrogens is 321 g/mol. The molecule has 1 fully saturated rings. The van der Waals surface area contributed by atoms with E-state index in [1.54, 1.807) is 30.3 Å². The Kier molecular flexibility index (Phi) is 4.83. The van der Waals surface area contributed by atoms with Crippen molar-refractivity contribution >= 4 is 11.9 Å². The number of carbonyl (C=O) groups excluding carboxylic acids is 2. The van der Waals surface area contributed by atoms with Gasteiger partial charge in [0, 0.05) is 6.54 Å². The number of halogens is 1. The Morgan fingerprint density at radius 1 is 1.16 bits per heavy atom. The van der Waals surface area contributed by atoms with Gasteiger partial charge in [0.15, 0.2) is 0 Å². The minimum absolute atomic E-state index is 0.0820. The smallest absolute Gasteiger partial charge is 0.337 e. The Morgan fingerprint density at radius 3 is 2.44 bits per heavy atom. The highest BCUT2D eigenvalue weighted by Crippen LogP contribution is 2.44. The standard InChI is InChI=1S/C20H20FNO3/c1-25-18(23)15-8-6-14(7-9-15)13-22-19(24)20(10-3-11-20)16-4-2-5-17(21)12-16/h2,4-9,12H,3,10-11,13H2,1H3,(H,22,24). The zero-order chi connectivity index (χ0) is 17.9. The lowest BCUT2D eigenvalue weighted by Crippen LogP contribution is -2.49. The summed E-state index contributed by atoms with van der Waals surface area (Å²) in [5, 5.41) is 2.94. The number of hydrogen-bond donors (Lipinski definition) is 1. The van der Waals surface area contributed by atoms with Gasteiger partial charge in [0.25, 0.3) is 0 Å². The second-order valence-electron chi connectivity index (χ2n) is 6.32. The first-order chi connectivity index (χ1) is 12.0. The van der Waals surface area contributed by atoms with E-state index in [-0.39, 0.29) is 11.7 Å². The monoisotopic (exact) mass is 341 g/mol. The van der Waals surface area contributed by atoms with Crippen molar-refractivity contribution in [3.8, 4) is 0 Å². The molecule has 130 valence electrons. The molecule has 5 heteroatoms. The van der Waals surface area contributed by atoms with Gasteiger partial charge in [0.1, 0.15) is 5.82 Å². The van der Waals surface area contributed by atoms with Gasteiger partial charge in [-0.2, -0.15) is 0 Å². The maximum Gasteiger partial charge on any atom is 0.337 e. The van der Waals surface area contributed by atoms with Crippen LogP contribution in [-0.4, -0.2) is 19.0 Å². The molecule has 0 aliphatic heterocycles. The molecule has 1 amide bonds. The topological polar surface area (TPSA) is 55.4 Å². The Morgan fingerprint density at radius 2 is 1.88 bits per heavy atom. The second-order valence-corrected chi connectivity index (χ2v) is 6.32. The fourth-order valence-corrected chi connectivity index (χ4v) is 3.19. The summed E-state index contributed by atoms with van der Waals surface area (Å²) in [5.74, 6) is -0.800. The third kappa shape index (κ3) is 3.40. The quantitative estimate of drug-likeness (QED) is 0.849. The van der Waals surface area contributed by atoms with Crippen LogP contribution >= 0.6 is 0 Å². The first kappa shape index (κ1) is 17.1. The summed E-state index contributed by atoms with van der Waals surface area (Å²) in [5.41, 5.74) is 1.45. The second kappa shape index (κ2) is 7.05. The van der Waals surface area contributed by atoms with Gasteiger partial charge in [-0.25, -0.2) is 9.18 Å². The van der Waals surface area contributed by atoms with E-state index in [9.17, 15) is 14.0 Å². The third-order valence-electron chi connectivity index (χ3n) is 4.85. The van der Waals surface area contributed by atoms with Gasteiger partial charge in [-0.3, -0.25) is 4.79 Å². The summed E-state index contributed by atoms with van der Waals surface area (Å²) in [7, 11) is 1.33. The molecule has 1 saturated carbocycles. The zero-order valence-corrected chi connectivity index (χ0v) is 14.0. The van der Waals surface area contributed by atoms with Crippen molar-refractivity contribution in [2.45, 2.75) is 31.2 Å². The number of methoxy groups -OCH3 is 1. The lowest BCUT2D eigenvalue weighted by atomic mass is 9.64. The Hall–Kier alpha value is -2.69. The number of nitrogens with one attached hydrogen (secondary N) is 1. The van der Waals surface area contributed by atoms with Gasteiger partial charge in [0.2, 0.25) is 5.91 Å². The molecule has 0 atom stereocenters. The third-order valence-corrected chi connectivity index (χ3v) is 4.85. The highest BCUT2D eigenvalue weighted by molar-refractivity contribution is 5.90. The number of benzene rings is 2. The summed E-state index contributed by atoms with van der Waals surface area (Å²) in [4.78, 5) is 24.2. The summed E-state index contributed by atoms with van der Waals surface area (Å²) in [6, 6.07) is 13.2. The van der Waals surface area contributed by atoms with Crippen molar-refractivity contribution in [1.29, 1.82) is 0 Å². The molecule has 0 spiro atoms. The summed E-state index contributed by atoms with van der Waals surface area (Å²) in [6.45, 7) is 0.358. The maximum absolute atomic E-state index is 13.5. The van der Waals surface area contributed by atoms with Crippen LogP contribution in [0.15, 0.2) is 48.5 Å². The van der Waals surface area contributed by atoms with E-state index >= 15 is 0 Å². The molecule has 3 rings (SSSR count). The fraction of sp³-hybridized carbons (Fsp3) is 0.300. The molecule has 0 aromatic heterocycles. The van der Waals surface area contributed by atoms with Crippen molar-refractivity contribution < 1.29 is 18.7 Å². The molecule has 0 heterocycles. The first-order valence-electron chi connectivity index (χ1n) is 8.27. The molecule has 0 bridgehead atoms. The summed E-state index contributed by atoms with van der Waals surface area (Å²) < 4.78 is 18.2. The normalized spacial score (nSPS) is 15.1. The minimum Gasteiger partial charge on any atom is -0.465 e. The summed E-state index contributed by atoms with van der Waals surface area (Å²) in [6.07, 6.45) is 2.41. The van der Waals surface area contributed by atoms with Crippen molar-refractivity contribution in [2.24, 2.45) is 0 Å². The first-order valence-corrected chi connectivity index (χ1v) is 8.27. The highest BCUT2D eigenvalue weighted by Gasteiger charge is 2.45. The van der Waals surface area contributed by atoms with E-state index in [2.05, 4.69) is 10.1 Å². The molecule has 0 radical (unpaired) electrons. The molecule has 4 nitrogen and oxygen atoms in total. The van der Waals surface area contributed by atoms with Crippen LogP contribution in [-0.2, 0) is 21.5 Å². The Balaban J connectivity index is 1.68. The molecule has 1 aliphatic rings. The van der Waals surface area contributed by atoms with Crippen LogP contribution in [0.2, 0.25) is 0 Å². The lowest BCUT2D eigenvalue weighted by molar-refractivity contribution is -0.130. The van der Waals surface area contributed by atoms with Crippen molar-refractivity contribution in [2.75, 3.05) is 7.11 Å². The van der Waals surface area contributed by atoms with Crippen molar-refractivity contribution in [1.82, 2.24) is 5.32 Å². The van der Waals surface area contributed by atoms with Crippen LogP contribution in [0.3, 0.4) is 0 Å². The largest absolute Gasteiger partial charge is 0.465 e. The summed E-state index contributed by atoms with van der Waals surface area (Å²) >= 11 is 0. The van der Waals surface area contributed by atoms with Crippen LogP contribution in [0.4, 0.5) is 4.39 Å². The lowest BCUT2D eigenvalue weighted by Gasteiger charge is -2.40. The molecule has 2 aromatic carbocycles. The van der Waals surface area contributed by atoms with Gasteiger partial charge < -0.3 is 10.1 Å². The predicted octanol–water partition coefficient (Wildman–Crippen LogP) is 3.35. The molecule has 0 saturated heterocycles. The van der Waals surface area contributed by atoms with Crippen LogP contribution < -0.4 is 5.32 Å². The van der Waals surface area contributed by atoms with Gasteiger partial charge in [-0.1, -0.05) is 30.7 Å². The van der Waals surface area contributed by atoms with E-state index in [0.29, 0.717) is 12.1 Å². The van der Waals surface area contributed by atoms with Crippen molar-refractivity contribution in [3.63, 3.8) is 0 Å². The number of ether oxygens (including phenoxy) is 1. The van der Waals surface area contributed by atoms with Crippen LogP contribution in [0.25, 0.3) is 0 Å².